The Bertz CT molecular complexity index is 614. The summed E-state index contributed by atoms with van der Waals surface area (Å²) in [6.07, 6.45) is 6.29. The Morgan fingerprint density at radius 2 is 2.10 bits per heavy atom. The van der Waals surface area contributed by atoms with E-state index >= 15 is 0 Å². The van der Waals surface area contributed by atoms with Gasteiger partial charge in [-0.3, -0.25) is 0 Å². The normalized spacial score (nSPS) is 19.4. The molecule has 1 unspecified atom stereocenters. The molecule has 2 aromatic rings. The lowest BCUT2D eigenvalue weighted by atomic mass is 9.78. The minimum atomic E-state index is 0.203. The zero-order chi connectivity index (χ0) is 14.9. The molecule has 1 aromatic carbocycles. The Balaban J connectivity index is 1.95. The number of rotatable bonds is 3. The van der Waals surface area contributed by atoms with Crippen LogP contribution in [0.2, 0.25) is 5.02 Å². The van der Waals surface area contributed by atoms with Gasteiger partial charge < -0.3 is 9.88 Å². The summed E-state index contributed by atoms with van der Waals surface area (Å²) < 4.78 is 2.30. The van der Waals surface area contributed by atoms with Crippen LogP contribution in [0.1, 0.15) is 44.0 Å². The van der Waals surface area contributed by atoms with Crippen molar-refractivity contribution in [1.29, 1.82) is 0 Å². The van der Waals surface area contributed by atoms with E-state index in [-0.39, 0.29) is 11.5 Å². The second-order valence-corrected chi connectivity index (χ2v) is 6.66. The molecule has 0 spiro atoms. The molecule has 0 saturated carbocycles. The van der Waals surface area contributed by atoms with Crippen LogP contribution in [0.4, 0.5) is 0 Å². The highest BCUT2D eigenvalue weighted by atomic mass is 35.5. The number of piperidine rings is 1. The summed E-state index contributed by atoms with van der Waals surface area (Å²) in [6.45, 7) is 6.72. The maximum atomic E-state index is 6.13. The molecule has 0 bridgehead atoms. The summed E-state index contributed by atoms with van der Waals surface area (Å²) in [7, 11) is 0. The van der Waals surface area contributed by atoms with Crippen molar-refractivity contribution in [1.82, 2.24) is 14.9 Å². The molecular weight excluding hydrogens is 282 g/mol. The number of imidazole rings is 1. The monoisotopic (exact) mass is 303 g/mol. The van der Waals surface area contributed by atoms with Gasteiger partial charge >= 0.3 is 0 Å². The van der Waals surface area contributed by atoms with Gasteiger partial charge in [-0.2, -0.15) is 0 Å². The van der Waals surface area contributed by atoms with Gasteiger partial charge in [-0.1, -0.05) is 30.7 Å². The topological polar surface area (TPSA) is 29.9 Å². The lowest BCUT2D eigenvalue weighted by molar-refractivity contribution is 0.314. The molecule has 2 heterocycles. The SMILES string of the molecule is CC(c1cccc(Cl)c1)n1cncc1C1(C)CCNCC1. The molecule has 0 aliphatic carbocycles. The molecule has 21 heavy (non-hydrogen) atoms. The Morgan fingerprint density at radius 3 is 2.81 bits per heavy atom. The molecule has 1 N–H and O–H groups in total. The molecule has 3 nitrogen and oxygen atoms in total. The highest BCUT2D eigenvalue weighted by molar-refractivity contribution is 6.30. The molecule has 1 atom stereocenters. The molecule has 1 aromatic heterocycles. The van der Waals surface area contributed by atoms with E-state index in [9.17, 15) is 0 Å². The third-order valence-corrected chi connectivity index (χ3v) is 4.97. The van der Waals surface area contributed by atoms with Crippen molar-refractivity contribution in [3.8, 4) is 0 Å². The van der Waals surface area contributed by atoms with Crippen molar-refractivity contribution in [2.45, 2.75) is 38.1 Å². The van der Waals surface area contributed by atoms with E-state index in [1.54, 1.807) is 0 Å². The summed E-state index contributed by atoms with van der Waals surface area (Å²) in [5, 5.41) is 4.23. The van der Waals surface area contributed by atoms with Gasteiger partial charge in [0.1, 0.15) is 0 Å². The van der Waals surface area contributed by atoms with E-state index in [1.165, 1.54) is 11.3 Å². The van der Waals surface area contributed by atoms with Gasteiger partial charge in [0.25, 0.3) is 0 Å². The standard InChI is InChI=1S/C17H22ClN3/c1-13(14-4-3-5-15(18)10-14)21-12-20-11-16(21)17(2)6-8-19-9-7-17/h3-5,10-13,19H,6-9H2,1-2H3. The minimum absolute atomic E-state index is 0.203. The van der Waals surface area contributed by atoms with Gasteiger partial charge in [-0.05, 0) is 50.6 Å². The van der Waals surface area contributed by atoms with E-state index in [0.29, 0.717) is 0 Å². The fraction of sp³-hybridized carbons (Fsp3) is 0.471. The van der Waals surface area contributed by atoms with Crippen molar-refractivity contribution in [2.75, 3.05) is 13.1 Å². The molecule has 1 saturated heterocycles. The molecule has 112 valence electrons. The maximum Gasteiger partial charge on any atom is 0.0954 e. The van der Waals surface area contributed by atoms with Crippen LogP contribution in [0.15, 0.2) is 36.8 Å². The first-order valence-corrected chi connectivity index (χ1v) is 7.96. The van der Waals surface area contributed by atoms with E-state index < -0.39 is 0 Å². The first kappa shape index (κ1) is 14.6. The van der Waals surface area contributed by atoms with Crippen LogP contribution in [0, 0.1) is 0 Å². The number of aromatic nitrogens is 2. The summed E-state index contributed by atoms with van der Waals surface area (Å²) in [5.74, 6) is 0. The number of hydrogen-bond acceptors (Lipinski definition) is 2. The predicted molar refractivity (Wildman–Crippen MR) is 86.9 cm³/mol. The number of hydrogen-bond donors (Lipinski definition) is 1. The number of nitrogens with zero attached hydrogens (tertiary/aromatic N) is 2. The van der Waals surface area contributed by atoms with Crippen molar-refractivity contribution in [3.05, 3.63) is 53.1 Å². The summed E-state index contributed by atoms with van der Waals surface area (Å²) in [5.41, 5.74) is 2.75. The first-order chi connectivity index (χ1) is 10.1. The van der Waals surface area contributed by atoms with E-state index in [1.807, 2.05) is 30.7 Å². The average Bonchev–Trinajstić information content (AvgIpc) is 2.97. The Labute approximate surface area is 131 Å². The largest absolute Gasteiger partial charge is 0.327 e. The summed E-state index contributed by atoms with van der Waals surface area (Å²) in [6, 6.07) is 8.34. The molecule has 3 rings (SSSR count). The lowest BCUT2D eigenvalue weighted by Gasteiger charge is -2.35. The van der Waals surface area contributed by atoms with E-state index in [4.69, 9.17) is 11.6 Å². The number of nitrogens with one attached hydrogen (secondary N) is 1. The van der Waals surface area contributed by atoms with Gasteiger partial charge in [-0.25, -0.2) is 4.98 Å². The Morgan fingerprint density at radius 1 is 1.33 bits per heavy atom. The van der Waals surface area contributed by atoms with E-state index in [2.05, 4.69) is 34.8 Å². The van der Waals surface area contributed by atoms with Crippen molar-refractivity contribution in [2.24, 2.45) is 0 Å². The molecule has 0 amide bonds. The van der Waals surface area contributed by atoms with Crippen molar-refractivity contribution < 1.29 is 0 Å². The van der Waals surface area contributed by atoms with Gasteiger partial charge in [0.05, 0.1) is 12.4 Å². The van der Waals surface area contributed by atoms with Crippen LogP contribution >= 0.6 is 11.6 Å². The van der Waals surface area contributed by atoms with Crippen LogP contribution < -0.4 is 5.32 Å². The van der Waals surface area contributed by atoms with E-state index in [0.717, 1.165) is 31.0 Å². The third kappa shape index (κ3) is 2.85. The zero-order valence-electron chi connectivity index (χ0n) is 12.6. The predicted octanol–water partition coefficient (Wildman–Crippen LogP) is 3.79. The summed E-state index contributed by atoms with van der Waals surface area (Å²) >= 11 is 6.13. The van der Waals surface area contributed by atoms with Crippen molar-refractivity contribution in [3.63, 3.8) is 0 Å². The van der Waals surface area contributed by atoms with Gasteiger partial charge in [0.2, 0.25) is 0 Å². The fourth-order valence-electron chi connectivity index (χ4n) is 3.24. The van der Waals surface area contributed by atoms with Crippen LogP contribution in [-0.2, 0) is 5.41 Å². The minimum Gasteiger partial charge on any atom is -0.327 e. The van der Waals surface area contributed by atoms with Crippen LogP contribution in [0.3, 0.4) is 0 Å². The van der Waals surface area contributed by atoms with Crippen LogP contribution in [0.5, 0.6) is 0 Å². The number of benzene rings is 1. The molecule has 4 heteroatoms. The van der Waals surface area contributed by atoms with Gasteiger partial charge in [0, 0.05) is 22.3 Å². The van der Waals surface area contributed by atoms with Crippen LogP contribution in [0.25, 0.3) is 0 Å². The molecule has 0 radical (unpaired) electrons. The smallest absolute Gasteiger partial charge is 0.0954 e. The Kier molecular flexibility index (Phi) is 4.05. The second kappa shape index (κ2) is 5.82. The zero-order valence-corrected chi connectivity index (χ0v) is 13.4. The summed E-state index contributed by atoms with van der Waals surface area (Å²) in [4.78, 5) is 4.42. The number of halogens is 1. The van der Waals surface area contributed by atoms with Gasteiger partial charge in [-0.15, -0.1) is 0 Å². The third-order valence-electron chi connectivity index (χ3n) is 4.74. The maximum absolute atomic E-state index is 6.13. The average molecular weight is 304 g/mol. The molecular formula is C17H22ClN3. The quantitative estimate of drug-likeness (QED) is 0.935. The first-order valence-electron chi connectivity index (χ1n) is 7.59. The van der Waals surface area contributed by atoms with Crippen molar-refractivity contribution >= 4 is 11.6 Å². The molecule has 1 aliphatic rings. The molecule has 1 aliphatic heterocycles. The highest BCUT2D eigenvalue weighted by Crippen LogP contribution is 2.35. The molecule has 1 fully saturated rings. The Hall–Kier alpha value is -1.32. The fourth-order valence-corrected chi connectivity index (χ4v) is 3.44. The van der Waals surface area contributed by atoms with Gasteiger partial charge in [0.15, 0.2) is 0 Å². The van der Waals surface area contributed by atoms with Crippen LogP contribution in [-0.4, -0.2) is 22.6 Å². The lowest BCUT2D eigenvalue weighted by Crippen LogP contribution is -2.39. The second-order valence-electron chi connectivity index (χ2n) is 6.23. The highest BCUT2D eigenvalue weighted by Gasteiger charge is 2.32.